The summed E-state index contributed by atoms with van der Waals surface area (Å²) in [6, 6.07) is 3.30. The lowest BCUT2D eigenvalue weighted by atomic mass is 10.2. The van der Waals surface area contributed by atoms with E-state index >= 15 is 0 Å². The summed E-state index contributed by atoms with van der Waals surface area (Å²) in [5.41, 5.74) is 0.398. The van der Waals surface area contributed by atoms with E-state index in [0.29, 0.717) is 12.2 Å². The quantitative estimate of drug-likeness (QED) is 0.864. The zero-order valence-corrected chi connectivity index (χ0v) is 11.2. The van der Waals surface area contributed by atoms with Gasteiger partial charge in [0.15, 0.2) is 0 Å². The van der Waals surface area contributed by atoms with Gasteiger partial charge in [0, 0.05) is 17.3 Å². The molecule has 0 bridgehead atoms. The summed E-state index contributed by atoms with van der Waals surface area (Å²) < 4.78 is 13.2. The first-order valence-electron chi connectivity index (χ1n) is 6.08. The molecule has 1 aromatic carbocycles. The lowest BCUT2D eigenvalue weighted by molar-refractivity contribution is -0.138. The fraction of sp³-hybridized carbons (Fsp3) is 0.385. The van der Waals surface area contributed by atoms with Gasteiger partial charge >= 0.3 is 0 Å². The van der Waals surface area contributed by atoms with Crippen LogP contribution in [-0.2, 0) is 9.59 Å². The van der Waals surface area contributed by atoms with Crippen molar-refractivity contribution in [1.29, 1.82) is 0 Å². The van der Waals surface area contributed by atoms with Crippen molar-refractivity contribution < 1.29 is 14.0 Å². The van der Waals surface area contributed by atoms with E-state index in [-0.39, 0.29) is 23.3 Å². The molecule has 4 nitrogen and oxygen atoms in total. The number of imide groups is 1. The molecule has 1 fully saturated rings. The summed E-state index contributed by atoms with van der Waals surface area (Å²) in [5.74, 6) is -0.962. The molecule has 2 rings (SSSR count). The second-order valence-corrected chi connectivity index (χ2v) is 4.88. The Morgan fingerprint density at radius 1 is 1.42 bits per heavy atom. The second-order valence-electron chi connectivity index (χ2n) is 4.44. The van der Waals surface area contributed by atoms with Crippen LogP contribution in [-0.4, -0.2) is 29.3 Å². The zero-order chi connectivity index (χ0) is 14.0. The number of hydrogen-bond acceptors (Lipinski definition) is 3. The van der Waals surface area contributed by atoms with Gasteiger partial charge in [0.1, 0.15) is 11.9 Å². The number of likely N-dealkylation sites (tertiary alicyclic amines) is 1. The predicted molar refractivity (Wildman–Crippen MR) is 70.4 cm³/mol. The van der Waals surface area contributed by atoms with Gasteiger partial charge in [-0.3, -0.25) is 14.5 Å². The maximum Gasteiger partial charge on any atom is 0.252 e. The molecule has 0 radical (unpaired) electrons. The maximum absolute atomic E-state index is 13.2. The highest BCUT2D eigenvalue weighted by Crippen LogP contribution is 2.22. The van der Waals surface area contributed by atoms with Crippen molar-refractivity contribution in [3.8, 4) is 0 Å². The third-order valence-corrected chi connectivity index (χ3v) is 3.11. The number of anilines is 1. The van der Waals surface area contributed by atoms with Gasteiger partial charge in [0.2, 0.25) is 5.91 Å². The highest BCUT2D eigenvalue weighted by molar-refractivity contribution is 6.30. The van der Waals surface area contributed by atoms with Gasteiger partial charge in [-0.2, -0.15) is 0 Å². The second kappa shape index (κ2) is 5.57. The molecule has 1 aliphatic rings. The molecule has 6 heteroatoms. The average molecular weight is 285 g/mol. The number of rotatable bonds is 4. The summed E-state index contributed by atoms with van der Waals surface area (Å²) in [7, 11) is 0. The molecular formula is C13H14ClFN2O2. The molecule has 2 amide bonds. The van der Waals surface area contributed by atoms with Crippen molar-refractivity contribution in [2.45, 2.75) is 25.8 Å². The van der Waals surface area contributed by atoms with Gasteiger partial charge in [-0.1, -0.05) is 18.5 Å². The van der Waals surface area contributed by atoms with E-state index in [1.54, 1.807) is 0 Å². The molecule has 1 saturated heterocycles. The Morgan fingerprint density at radius 2 is 2.16 bits per heavy atom. The number of carbonyl (C=O) groups is 2. The lowest BCUT2D eigenvalue weighted by Crippen LogP contribution is -2.35. The number of amides is 2. The van der Waals surface area contributed by atoms with E-state index in [9.17, 15) is 14.0 Å². The molecule has 0 aromatic heterocycles. The van der Waals surface area contributed by atoms with E-state index in [1.165, 1.54) is 23.1 Å². The highest BCUT2D eigenvalue weighted by Gasteiger charge is 2.37. The monoisotopic (exact) mass is 284 g/mol. The Morgan fingerprint density at radius 3 is 2.79 bits per heavy atom. The fourth-order valence-corrected chi connectivity index (χ4v) is 2.31. The van der Waals surface area contributed by atoms with Crippen molar-refractivity contribution in [2.24, 2.45) is 0 Å². The summed E-state index contributed by atoms with van der Waals surface area (Å²) >= 11 is 5.74. The van der Waals surface area contributed by atoms with Crippen LogP contribution in [0, 0.1) is 5.82 Å². The summed E-state index contributed by atoms with van der Waals surface area (Å²) in [6.07, 6.45) is 0.808. The van der Waals surface area contributed by atoms with Crippen LogP contribution in [0.2, 0.25) is 5.02 Å². The van der Waals surface area contributed by atoms with Gasteiger partial charge < -0.3 is 5.32 Å². The third-order valence-electron chi connectivity index (χ3n) is 2.89. The molecule has 1 atom stereocenters. The van der Waals surface area contributed by atoms with Crippen LogP contribution in [0.5, 0.6) is 0 Å². The van der Waals surface area contributed by atoms with Crippen molar-refractivity contribution in [2.75, 3.05) is 11.9 Å². The molecule has 0 aliphatic carbocycles. The SMILES string of the molecule is CCCN1C(=O)CC(Nc2cc(F)cc(Cl)c2)C1=O. The van der Waals surface area contributed by atoms with Crippen LogP contribution in [0.25, 0.3) is 0 Å². The van der Waals surface area contributed by atoms with Crippen LogP contribution in [0.4, 0.5) is 10.1 Å². The molecule has 19 heavy (non-hydrogen) atoms. The Bertz CT molecular complexity index is 501. The summed E-state index contributed by atoms with van der Waals surface area (Å²) in [5, 5.41) is 3.10. The smallest absolute Gasteiger partial charge is 0.252 e. The standard InChI is InChI=1S/C13H14ClFN2O2/c1-2-3-17-12(18)7-11(13(17)19)16-10-5-8(14)4-9(15)6-10/h4-6,11,16H,2-3,7H2,1H3. The minimum Gasteiger partial charge on any atom is -0.373 e. The first-order chi connectivity index (χ1) is 9.01. The van der Waals surface area contributed by atoms with Crippen LogP contribution in [0.1, 0.15) is 19.8 Å². The van der Waals surface area contributed by atoms with Crippen molar-refractivity contribution in [1.82, 2.24) is 4.90 Å². The summed E-state index contributed by atoms with van der Waals surface area (Å²) in [4.78, 5) is 24.9. The first-order valence-corrected chi connectivity index (χ1v) is 6.46. The number of nitrogens with one attached hydrogen (secondary N) is 1. The minimum absolute atomic E-state index is 0.0902. The minimum atomic E-state index is -0.642. The number of halogens is 2. The Balaban J connectivity index is 2.12. The molecule has 1 N–H and O–H groups in total. The first kappa shape index (κ1) is 13.8. The fourth-order valence-electron chi connectivity index (χ4n) is 2.09. The van der Waals surface area contributed by atoms with Crippen molar-refractivity contribution >= 4 is 29.1 Å². The Hall–Kier alpha value is -1.62. The molecule has 1 aliphatic heterocycles. The normalized spacial score (nSPS) is 19.1. The van der Waals surface area contributed by atoms with E-state index in [1.807, 2.05) is 6.92 Å². The van der Waals surface area contributed by atoms with Crippen LogP contribution >= 0.6 is 11.6 Å². The van der Waals surface area contributed by atoms with E-state index in [2.05, 4.69) is 5.32 Å². The van der Waals surface area contributed by atoms with Crippen molar-refractivity contribution in [3.63, 3.8) is 0 Å². The number of hydrogen-bond donors (Lipinski definition) is 1. The van der Waals surface area contributed by atoms with E-state index in [0.717, 1.165) is 6.42 Å². The highest BCUT2D eigenvalue weighted by atomic mass is 35.5. The molecule has 1 aromatic rings. The molecular weight excluding hydrogens is 271 g/mol. The van der Waals surface area contributed by atoms with Gasteiger partial charge in [-0.05, 0) is 24.6 Å². The van der Waals surface area contributed by atoms with Crippen molar-refractivity contribution in [3.05, 3.63) is 29.0 Å². The Kier molecular flexibility index (Phi) is 4.04. The maximum atomic E-state index is 13.2. The average Bonchev–Trinajstić information content (AvgIpc) is 2.56. The zero-order valence-electron chi connectivity index (χ0n) is 10.5. The molecule has 102 valence electrons. The Labute approximate surface area is 115 Å². The van der Waals surface area contributed by atoms with Gasteiger partial charge in [-0.15, -0.1) is 0 Å². The molecule has 1 unspecified atom stereocenters. The number of benzene rings is 1. The number of carbonyl (C=O) groups excluding carboxylic acids is 2. The molecule has 0 saturated carbocycles. The third kappa shape index (κ3) is 3.04. The van der Waals surface area contributed by atoms with Crippen LogP contribution in [0.3, 0.4) is 0 Å². The summed E-state index contributed by atoms with van der Waals surface area (Å²) in [6.45, 7) is 2.31. The van der Waals surface area contributed by atoms with E-state index < -0.39 is 11.9 Å². The van der Waals surface area contributed by atoms with Crippen LogP contribution < -0.4 is 5.32 Å². The number of nitrogens with zero attached hydrogens (tertiary/aromatic N) is 1. The lowest BCUT2D eigenvalue weighted by Gasteiger charge is -2.15. The van der Waals surface area contributed by atoms with Crippen LogP contribution in [0.15, 0.2) is 18.2 Å². The van der Waals surface area contributed by atoms with Gasteiger partial charge in [0.25, 0.3) is 5.91 Å². The predicted octanol–water partition coefficient (Wildman–Crippen LogP) is 2.43. The molecule has 1 heterocycles. The van der Waals surface area contributed by atoms with Gasteiger partial charge in [0.05, 0.1) is 6.42 Å². The largest absolute Gasteiger partial charge is 0.373 e. The topological polar surface area (TPSA) is 49.4 Å². The van der Waals surface area contributed by atoms with Gasteiger partial charge in [-0.25, -0.2) is 4.39 Å². The molecule has 0 spiro atoms. The van der Waals surface area contributed by atoms with E-state index in [4.69, 9.17) is 11.6 Å².